The summed E-state index contributed by atoms with van der Waals surface area (Å²) in [5.74, 6) is -0.160. The number of hydrogen-bond donors (Lipinski definition) is 0. The second kappa shape index (κ2) is 7.40. The Labute approximate surface area is 106 Å². The monoisotopic (exact) mass is 257 g/mol. The van der Waals surface area contributed by atoms with Gasteiger partial charge in [-0.2, -0.15) is 0 Å². The second-order valence-electron chi connectivity index (χ2n) is 3.79. The molecule has 0 amide bonds. The van der Waals surface area contributed by atoms with Gasteiger partial charge in [0.25, 0.3) is 0 Å². The molecule has 0 aliphatic heterocycles. The van der Waals surface area contributed by atoms with E-state index in [0.717, 1.165) is 17.1 Å². The zero-order chi connectivity index (χ0) is 12.7. The molecule has 0 saturated heterocycles. The molecule has 0 N–H and O–H groups in total. The molecule has 0 bridgehead atoms. The van der Waals surface area contributed by atoms with Crippen molar-refractivity contribution in [2.24, 2.45) is 0 Å². The maximum atomic E-state index is 11.2. The molecule has 96 valence electrons. The van der Waals surface area contributed by atoms with E-state index in [-0.39, 0.29) is 12.1 Å². The largest absolute Gasteiger partial charge is 0.466 e. The fraction of sp³-hybridized carbons (Fsp3) is 0.667. The predicted molar refractivity (Wildman–Crippen MR) is 67.2 cm³/mol. The van der Waals surface area contributed by atoms with Crippen LogP contribution in [0.1, 0.15) is 31.0 Å². The first kappa shape index (κ1) is 14.1. The molecule has 5 heteroatoms. The van der Waals surface area contributed by atoms with E-state index in [2.05, 4.69) is 4.98 Å². The van der Waals surface area contributed by atoms with Gasteiger partial charge in [0.15, 0.2) is 0 Å². The van der Waals surface area contributed by atoms with Gasteiger partial charge in [0.05, 0.1) is 29.8 Å². The van der Waals surface area contributed by atoms with Crippen LogP contribution < -0.4 is 0 Å². The highest BCUT2D eigenvalue weighted by molar-refractivity contribution is 7.09. The standard InChI is InChI=1S/C12H19NO3S/c1-4-16-12(14)6-5-10-8-17-11(13-10)7-9(2)15-3/h8-9H,4-7H2,1-3H3. The molecular weight excluding hydrogens is 238 g/mol. The van der Waals surface area contributed by atoms with Crippen molar-refractivity contribution in [1.29, 1.82) is 0 Å². The average Bonchev–Trinajstić information content (AvgIpc) is 2.74. The third-order valence-corrected chi connectivity index (χ3v) is 3.27. The van der Waals surface area contributed by atoms with Crippen LogP contribution in [0.3, 0.4) is 0 Å². The lowest BCUT2D eigenvalue weighted by Gasteiger charge is -2.05. The number of rotatable bonds is 7. The number of thiazole rings is 1. The fourth-order valence-corrected chi connectivity index (χ4v) is 2.29. The number of ether oxygens (including phenoxy) is 2. The van der Waals surface area contributed by atoms with Gasteiger partial charge in [-0.3, -0.25) is 4.79 Å². The Balaban J connectivity index is 2.38. The Morgan fingerprint density at radius 1 is 1.59 bits per heavy atom. The van der Waals surface area contributed by atoms with Crippen LogP contribution >= 0.6 is 11.3 Å². The van der Waals surface area contributed by atoms with Gasteiger partial charge in [0, 0.05) is 25.3 Å². The molecule has 1 heterocycles. The zero-order valence-corrected chi connectivity index (χ0v) is 11.4. The van der Waals surface area contributed by atoms with E-state index < -0.39 is 0 Å². The van der Waals surface area contributed by atoms with Gasteiger partial charge in [0.2, 0.25) is 0 Å². The Hall–Kier alpha value is -0.940. The Kier molecular flexibility index (Phi) is 6.15. The number of methoxy groups -OCH3 is 1. The zero-order valence-electron chi connectivity index (χ0n) is 10.6. The minimum atomic E-state index is -0.160. The van der Waals surface area contributed by atoms with Gasteiger partial charge in [-0.05, 0) is 13.8 Å². The molecule has 1 unspecified atom stereocenters. The van der Waals surface area contributed by atoms with Crippen LogP contribution in [-0.2, 0) is 27.1 Å². The molecule has 0 spiro atoms. The highest BCUT2D eigenvalue weighted by Crippen LogP contribution is 2.14. The van der Waals surface area contributed by atoms with E-state index in [9.17, 15) is 4.79 Å². The molecule has 4 nitrogen and oxygen atoms in total. The van der Waals surface area contributed by atoms with Crippen molar-refractivity contribution in [2.45, 2.75) is 39.2 Å². The topological polar surface area (TPSA) is 48.4 Å². The fourth-order valence-electron chi connectivity index (χ4n) is 1.35. The van der Waals surface area contributed by atoms with Crippen molar-refractivity contribution in [3.05, 3.63) is 16.1 Å². The number of hydrogen-bond acceptors (Lipinski definition) is 5. The summed E-state index contributed by atoms with van der Waals surface area (Å²) < 4.78 is 10.1. The third-order valence-electron chi connectivity index (χ3n) is 2.35. The van der Waals surface area contributed by atoms with Crippen LogP contribution in [0.4, 0.5) is 0 Å². The Morgan fingerprint density at radius 3 is 3.00 bits per heavy atom. The number of esters is 1. The van der Waals surface area contributed by atoms with Crippen molar-refractivity contribution in [1.82, 2.24) is 4.98 Å². The van der Waals surface area contributed by atoms with Crippen molar-refractivity contribution in [3.63, 3.8) is 0 Å². The lowest BCUT2D eigenvalue weighted by atomic mass is 10.2. The summed E-state index contributed by atoms with van der Waals surface area (Å²) in [6, 6.07) is 0. The van der Waals surface area contributed by atoms with Crippen LogP contribution in [0.15, 0.2) is 5.38 Å². The van der Waals surface area contributed by atoms with E-state index in [1.165, 1.54) is 0 Å². The van der Waals surface area contributed by atoms with E-state index in [4.69, 9.17) is 9.47 Å². The highest BCUT2D eigenvalue weighted by atomic mass is 32.1. The van der Waals surface area contributed by atoms with Crippen LogP contribution in [0, 0.1) is 0 Å². The minimum Gasteiger partial charge on any atom is -0.466 e. The summed E-state index contributed by atoms with van der Waals surface area (Å²) in [6.07, 6.45) is 2.05. The van der Waals surface area contributed by atoms with Gasteiger partial charge >= 0.3 is 5.97 Å². The smallest absolute Gasteiger partial charge is 0.306 e. The van der Waals surface area contributed by atoms with Crippen LogP contribution in [0.25, 0.3) is 0 Å². The molecule has 0 fully saturated rings. The summed E-state index contributed by atoms with van der Waals surface area (Å²) in [7, 11) is 1.69. The van der Waals surface area contributed by atoms with E-state index in [1.54, 1.807) is 18.4 Å². The molecule has 0 aliphatic carbocycles. The summed E-state index contributed by atoms with van der Waals surface area (Å²) >= 11 is 1.62. The molecule has 1 atom stereocenters. The van der Waals surface area contributed by atoms with Gasteiger partial charge in [0.1, 0.15) is 0 Å². The van der Waals surface area contributed by atoms with Crippen LogP contribution in [0.2, 0.25) is 0 Å². The van der Waals surface area contributed by atoms with Gasteiger partial charge in [-0.1, -0.05) is 0 Å². The quantitative estimate of drug-likeness (QED) is 0.703. The van der Waals surface area contributed by atoms with Gasteiger partial charge < -0.3 is 9.47 Å². The maximum Gasteiger partial charge on any atom is 0.306 e. The summed E-state index contributed by atoms with van der Waals surface area (Å²) in [6.45, 7) is 4.26. The lowest BCUT2D eigenvalue weighted by molar-refractivity contribution is -0.143. The second-order valence-corrected chi connectivity index (χ2v) is 4.73. The normalized spacial score (nSPS) is 12.4. The SMILES string of the molecule is CCOC(=O)CCc1csc(CC(C)OC)n1. The first-order valence-electron chi connectivity index (χ1n) is 5.77. The van der Waals surface area contributed by atoms with Crippen molar-refractivity contribution in [2.75, 3.05) is 13.7 Å². The molecule has 1 aromatic heterocycles. The Bertz CT molecular complexity index is 351. The maximum absolute atomic E-state index is 11.2. The molecular formula is C12H19NO3S. The molecule has 0 aliphatic rings. The van der Waals surface area contributed by atoms with Gasteiger partial charge in [-0.25, -0.2) is 4.98 Å². The van der Waals surface area contributed by atoms with Gasteiger partial charge in [-0.15, -0.1) is 11.3 Å². The molecule has 1 rings (SSSR count). The molecule has 0 saturated carbocycles. The summed E-state index contributed by atoms with van der Waals surface area (Å²) in [4.78, 5) is 15.6. The van der Waals surface area contributed by atoms with Crippen molar-refractivity contribution in [3.8, 4) is 0 Å². The molecule has 17 heavy (non-hydrogen) atoms. The summed E-state index contributed by atoms with van der Waals surface area (Å²) in [5, 5.41) is 3.05. The number of carbonyl (C=O) groups excluding carboxylic acids is 1. The van der Waals surface area contributed by atoms with Crippen molar-refractivity contribution >= 4 is 17.3 Å². The van der Waals surface area contributed by atoms with Crippen molar-refractivity contribution < 1.29 is 14.3 Å². The van der Waals surface area contributed by atoms with E-state index >= 15 is 0 Å². The summed E-state index contributed by atoms with van der Waals surface area (Å²) in [5.41, 5.74) is 0.960. The molecule has 0 radical (unpaired) electrons. The number of aryl methyl sites for hydroxylation is 1. The first-order chi connectivity index (χ1) is 8.15. The minimum absolute atomic E-state index is 0.160. The number of nitrogens with zero attached hydrogens (tertiary/aromatic N) is 1. The van der Waals surface area contributed by atoms with Crippen LogP contribution in [0.5, 0.6) is 0 Å². The first-order valence-corrected chi connectivity index (χ1v) is 6.65. The molecule has 1 aromatic rings. The Morgan fingerprint density at radius 2 is 2.35 bits per heavy atom. The molecule has 0 aromatic carbocycles. The highest BCUT2D eigenvalue weighted by Gasteiger charge is 2.08. The average molecular weight is 257 g/mol. The third kappa shape index (κ3) is 5.28. The number of aromatic nitrogens is 1. The predicted octanol–water partition coefficient (Wildman–Crippen LogP) is 2.22. The van der Waals surface area contributed by atoms with E-state index in [1.807, 2.05) is 19.2 Å². The van der Waals surface area contributed by atoms with E-state index in [0.29, 0.717) is 19.4 Å². The number of carbonyl (C=O) groups is 1. The lowest BCUT2D eigenvalue weighted by Crippen LogP contribution is -2.08. The van der Waals surface area contributed by atoms with Crippen LogP contribution in [-0.4, -0.2) is 30.8 Å².